The molecule has 0 unspecified atom stereocenters. The lowest BCUT2D eigenvalue weighted by atomic mass is 10.1. The zero-order valence-electron chi connectivity index (χ0n) is 13.0. The summed E-state index contributed by atoms with van der Waals surface area (Å²) in [5, 5.41) is 2.61. The van der Waals surface area contributed by atoms with E-state index in [0.29, 0.717) is 22.7 Å². The van der Waals surface area contributed by atoms with Crippen LogP contribution in [0.1, 0.15) is 15.9 Å². The molecule has 2 aromatic rings. The van der Waals surface area contributed by atoms with Crippen LogP contribution in [0, 0.1) is 17.5 Å². The van der Waals surface area contributed by atoms with E-state index < -0.39 is 40.9 Å². The van der Waals surface area contributed by atoms with Crippen molar-refractivity contribution in [3.8, 4) is 0 Å². The van der Waals surface area contributed by atoms with Gasteiger partial charge in [-0.15, -0.1) is 0 Å². The predicted molar refractivity (Wildman–Crippen MR) is 84.7 cm³/mol. The highest BCUT2D eigenvalue weighted by atomic mass is 35.5. The summed E-state index contributed by atoms with van der Waals surface area (Å²) < 4.78 is 44.9. The highest BCUT2D eigenvalue weighted by molar-refractivity contribution is 6.30. The molecule has 0 saturated carbocycles. The number of ether oxygens (including phenoxy) is 1. The molecule has 2 rings (SSSR count). The molecular formula is C17H13ClF3NO3. The van der Waals surface area contributed by atoms with E-state index in [1.165, 1.54) is 0 Å². The molecule has 0 aliphatic carbocycles. The molecule has 0 spiro atoms. The third kappa shape index (κ3) is 4.73. The van der Waals surface area contributed by atoms with Crippen molar-refractivity contribution in [1.29, 1.82) is 0 Å². The molecule has 0 saturated heterocycles. The molecule has 0 bridgehead atoms. The molecule has 4 nitrogen and oxygen atoms in total. The molecule has 0 aliphatic rings. The lowest BCUT2D eigenvalue weighted by Crippen LogP contribution is -2.43. The van der Waals surface area contributed by atoms with E-state index in [1.807, 2.05) is 0 Å². The van der Waals surface area contributed by atoms with Gasteiger partial charge in [0.15, 0.2) is 0 Å². The third-order valence-electron chi connectivity index (χ3n) is 3.35. The first-order chi connectivity index (χ1) is 11.8. The van der Waals surface area contributed by atoms with Gasteiger partial charge in [0.05, 0.1) is 7.11 Å². The van der Waals surface area contributed by atoms with Crippen molar-refractivity contribution in [3.63, 3.8) is 0 Å². The van der Waals surface area contributed by atoms with E-state index >= 15 is 0 Å². The topological polar surface area (TPSA) is 55.4 Å². The zero-order chi connectivity index (χ0) is 18.6. The molecule has 1 amide bonds. The Labute approximate surface area is 146 Å². The third-order valence-corrected chi connectivity index (χ3v) is 3.59. The van der Waals surface area contributed by atoms with Crippen molar-refractivity contribution in [1.82, 2.24) is 5.32 Å². The number of carbonyl (C=O) groups excluding carboxylic acids is 2. The van der Waals surface area contributed by atoms with Gasteiger partial charge in [-0.25, -0.2) is 18.0 Å². The second-order valence-electron chi connectivity index (χ2n) is 5.13. The highest BCUT2D eigenvalue weighted by Crippen LogP contribution is 2.16. The first kappa shape index (κ1) is 18.8. The van der Waals surface area contributed by atoms with Crippen LogP contribution in [0.2, 0.25) is 5.02 Å². The van der Waals surface area contributed by atoms with Crippen molar-refractivity contribution >= 4 is 23.5 Å². The molecule has 0 aromatic heterocycles. The smallest absolute Gasteiger partial charge is 0.328 e. The van der Waals surface area contributed by atoms with Gasteiger partial charge in [-0.3, -0.25) is 4.79 Å². The number of amides is 1. The van der Waals surface area contributed by atoms with Crippen LogP contribution in [0.15, 0.2) is 36.4 Å². The average molecular weight is 372 g/mol. The van der Waals surface area contributed by atoms with Crippen LogP contribution in [-0.2, 0) is 16.0 Å². The molecule has 0 heterocycles. The second-order valence-corrected chi connectivity index (χ2v) is 5.56. The number of hydrogen-bond acceptors (Lipinski definition) is 3. The van der Waals surface area contributed by atoms with Gasteiger partial charge in [0.2, 0.25) is 0 Å². The van der Waals surface area contributed by atoms with Gasteiger partial charge in [-0.1, -0.05) is 23.7 Å². The highest BCUT2D eigenvalue weighted by Gasteiger charge is 2.26. The molecule has 0 aliphatic heterocycles. The number of rotatable bonds is 5. The lowest BCUT2D eigenvalue weighted by Gasteiger charge is -2.17. The molecule has 1 atom stereocenters. The van der Waals surface area contributed by atoms with Gasteiger partial charge >= 0.3 is 5.97 Å². The first-order valence-electron chi connectivity index (χ1n) is 7.09. The van der Waals surface area contributed by atoms with Crippen molar-refractivity contribution < 1.29 is 27.5 Å². The van der Waals surface area contributed by atoms with Crippen molar-refractivity contribution in [2.24, 2.45) is 0 Å². The fourth-order valence-electron chi connectivity index (χ4n) is 2.22. The number of esters is 1. The largest absolute Gasteiger partial charge is 0.467 e. The summed E-state index contributed by atoms with van der Waals surface area (Å²) in [6.45, 7) is 0. The number of methoxy groups -OCH3 is 1. The Morgan fingerprint density at radius 3 is 2.36 bits per heavy atom. The van der Waals surface area contributed by atoms with E-state index in [2.05, 4.69) is 10.1 Å². The van der Waals surface area contributed by atoms with Crippen LogP contribution in [-0.4, -0.2) is 25.0 Å². The van der Waals surface area contributed by atoms with Crippen LogP contribution in [0.3, 0.4) is 0 Å². The standard InChI is InChI=1S/C17H13ClF3NO3/c1-25-17(24)14(6-9-3-2-4-10(18)5-9)22-16(23)15-12(20)7-11(19)8-13(15)21/h2-5,7-8,14H,6H2,1H3,(H,22,23)/t14-/m1/s1. The fraction of sp³-hybridized carbons (Fsp3) is 0.176. The van der Waals surface area contributed by atoms with E-state index in [-0.39, 0.29) is 6.42 Å². The number of carbonyl (C=O) groups is 2. The number of halogens is 4. The summed E-state index contributed by atoms with van der Waals surface area (Å²) in [7, 11) is 1.11. The SMILES string of the molecule is COC(=O)[C@@H](Cc1cccc(Cl)c1)NC(=O)c1c(F)cc(F)cc1F. The predicted octanol–water partition coefficient (Wildman–Crippen LogP) is 3.27. The maximum absolute atomic E-state index is 13.7. The Bertz CT molecular complexity index is 790. The molecule has 2 aromatic carbocycles. The number of benzene rings is 2. The number of hydrogen-bond donors (Lipinski definition) is 1. The molecule has 0 radical (unpaired) electrons. The fourth-order valence-corrected chi connectivity index (χ4v) is 2.44. The van der Waals surface area contributed by atoms with Crippen molar-refractivity contribution in [3.05, 3.63) is 70.0 Å². The summed E-state index contributed by atoms with van der Waals surface area (Å²) in [6, 6.07) is 6.05. The molecule has 25 heavy (non-hydrogen) atoms. The van der Waals surface area contributed by atoms with Crippen LogP contribution in [0.5, 0.6) is 0 Å². The van der Waals surface area contributed by atoms with Gasteiger partial charge in [0.25, 0.3) is 5.91 Å². The normalized spacial score (nSPS) is 11.7. The summed E-state index contributed by atoms with van der Waals surface area (Å²) in [6.07, 6.45) is -0.0105. The Morgan fingerprint density at radius 2 is 1.80 bits per heavy atom. The minimum absolute atomic E-state index is 0.0105. The quantitative estimate of drug-likeness (QED) is 0.821. The van der Waals surface area contributed by atoms with Gasteiger partial charge < -0.3 is 10.1 Å². The molecular weight excluding hydrogens is 359 g/mol. The van der Waals surface area contributed by atoms with Crippen LogP contribution in [0.4, 0.5) is 13.2 Å². The van der Waals surface area contributed by atoms with Crippen molar-refractivity contribution in [2.45, 2.75) is 12.5 Å². The summed E-state index contributed by atoms with van der Waals surface area (Å²) in [4.78, 5) is 24.0. The van der Waals surface area contributed by atoms with Crippen molar-refractivity contribution in [2.75, 3.05) is 7.11 Å². The Hall–Kier alpha value is -2.54. The minimum Gasteiger partial charge on any atom is -0.467 e. The lowest BCUT2D eigenvalue weighted by molar-refractivity contribution is -0.142. The van der Waals surface area contributed by atoms with E-state index in [1.54, 1.807) is 24.3 Å². The zero-order valence-corrected chi connectivity index (χ0v) is 13.7. The number of nitrogens with one attached hydrogen (secondary N) is 1. The monoisotopic (exact) mass is 371 g/mol. The summed E-state index contributed by atoms with van der Waals surface area (Å²) >= 11 is 5.86. The van der Waals surface area contributed by atoms with Gasteiger partial charge in [0.1, 0.15) is 29.1 Å². The molecule has 1 N–H and O–H groups in total. The van der Waals surface area contributed by atoms with E-state index in [9.17, 15) is 22.8 Å². The van der Waals surface area contributed by atoms with E-state index in [0.717, 1.165) is 7.11 Å². The molecule has 0 fully saturated rings. The van der Waals surface area contributed by atoms with Gasteiger partial charge in [-0.2, -0.15) is 0 Å². The van der Waals surface area contributed by atoms with E-state index in [4.69, 9.17) is 11.6 Å². The van der Waals surface area contributed by atoms with Gasteiger partial charge in [-0.05, 0) is 17.7 Å². The minimum atomic E-state index is -1.37. The first-order valence-corrected chi connectivity index (χ1v) is 7.47. The Morgan fingerprint density at radius 1 is 1.16 bits per heavy atom. The molecule has 8 heteroatoms. The summed E-state index contributed by atoms with van der Waals surface area (Å²) in [5.74, 6) is -5.92. The van der Waals surface area contributed by atoms with Crippen LogP contribution in [0.25, 0.3) is 0 Å². The van der Waals surface area contributed by atoms with Gasteiger partial charge in [0, 0.05) is 23.6 Å². The Balaban J connectivity index is 2.25. The average Bonchev–Trinajstić information content (AvgIpc) is 2.52. The van der Waals surface area contributed by atoms with Crippen LogP contribution >= 0.6 is 11.6 Å². The Kier molecular flexibility index (Phi) is 6.03. The molecule has 132 valence electrons. The van der Waals surface area contributed by atoms with Crippen LogP contribution < -0.4 is 5.32 Å². The summed E-state index contributed by atoms with van der Waals surface area (Å²) in [5.41, 5.74) is -0.385. The maximum Gasteiger partial charge on any atom is 0.328 e. The second kappa shape index (κ2) is 8.02. The maximum atomic E-state index is 13.7.